The van der Waals surface area contributed by atoms with Gasteiger partial charge in [0.1, 0.15) is 23.6 Å². The Kier molecular flexibility index (Phi) is 5.93. The van der Waals surface area contributed by atoms with E-state index in [4.69, 9.17) is 5.11 Å². The number of carboxylic acids is 1. The van der Waals surface area contributed by atoms with Gasteiger partial charge in [-0.2, -0.15) is 0 Å². The highest BCUT2D eigenvalue weighted by Crippen LogP contribution is 2.24. The van der Waals surface area contributed by atoms with Crippen LogP contribution in [0.2, 0.25) is 0 Å². The normalized spacial score (nSPS) is 14.9. The van der Waals surface area contributed by atoms with Crippen molar-refractivity contribution in [1.82, 2.24) is 10.2 Å². The molecular formula is C16H15F3N2O6. The van der Waals surface area contributed by atoms with Crippen LogP contribution in [-0.4, -0.2) is 52.3 Å². The molecule has 1 aliphatic rings. The number of nitrogens with one attached hydrogen (secondary N) is 1. The number of alkyl halides is 3. The minimum Gasteiger partial charge on any atom is -0.511 e. The third-order valence-electron chi connectivity index (χ3n) is 3.57. The zero-order chi connectivity index (χ0) is 20.2. The van der Waals surface area contributed by atoms with E-state index in [-0.39, 0.29) is 19.5 Å². The van der Waals surface area contributed by atoms with Gasteiger partial charge in [-0.25, -0.2) is 0 Å². The molecule has 0 atom stereocenters. The lowest BCUT2D eigenvalue weighted by molar-refractivity contribution is -0.274. The molecule has 1 aliphatic heterocycles. The van der Waals surface area contributed by atoms with Crippen molar-refractivity contribution in [2.45, 2.75) is 19.3 Å². The maximum Gasteiger partial charge on any atom is 0.573 e. The monoisotopic (exact) mass is 388 g/mol. The SMILES string of the molecule is O=C(O)CNC(=O)C1=C(O)CCN(Cc2ccc(OC(F)(F)F)cc2)C1=O. The molecule has 2 amide bonds. The van der Waals surface area contributed by atoms with E-state index < -0.39 is 47.8 Å². The van der Waals surface area contributed by atoms with Gasteiger partial charge >= 0.3 is 12.3 Å². The van der Waals surface area contributed by atoms with Crippen molar-refractivity contribution >= 4 is 17.8 Å². The molecule has 0 fully saturated rings. The molecule has 0 unspecified atom stereocenters. The molecule has 3 N–H and O–H groups in total. The fraction of sp³-hybridized carbons (Fsp3) is 0.312. The van der Waals surface area contributed by atoms with Gasteiger partial charge in [-0.05, 0) is 17.7 Å². The summed E-state index contributed by atoms with van der Waals surface area (Å²) in [6.45, 7) is -0.654. The second-order valence-corrected chi connectivity index (χ2v) is 5.57. The van der Waals surface area contributed by atoms with Crippen molar-refractivity contribution < 1.29 is 42.5 Å². The number of nitrogens with zero attached hydrogens (tertiary/aromatic N) is 1. The Hall–Kier alpha value is -3.24. The van der Waals surface area contributed by atoms with Gasteiger partial charge in [-0.1, -0.05) is 12.1 Å². The summed E-state index contributed by atoms with van der Waals surface area (Å²) in [5.74, 6) is -4.00. The highest BCUT2D eigenvalue weighted by Gasteiger charge is 2.33. The van der Waals surface area contributed by atoms with E-state index in [2.05, 4.69) is 4.74 Å². The maximum absolute atomic E-state index is 12.4. The van der Waals surface area contributed by atoms with Crippen LogP contribution in [-0.2, 0) is 20.9 Å². The third-order valence-corrected chi connectivity index (χ3v) is 3.57. The summed E-state index contributed by atoms with van der Waals surface area (Å²) in [7, 11) is 0. The summed E-state index contributed by atoms with van der Waals surface area (Å²) in [4.78, 5) is 36.1. The fourth-order valence-corrected chi connectivity index (χ4v) is 2.39. The number of aliphatic hydroxyl groups is 1. The Labute approximate surface area is 150 Å². The van der Waals surface area contributed by atoms with Gasteiger partial charge in [0.2, 0.25) is 0 Å². The number of rotatable bonds is 6. The maximum atomic E-state index is 12.4. The second kappa shape index (κ2) is 7.98. The molecule has 11 heteroatoms. The summed E-state index contributed by atoms with van der Waals surface area (Å²) in [6, 6.07) is 4.84. The largest absolute Gasteiger partial charge is 0.573 e. The van der Waals surface area contributed by atoms with Crippen LogP contribution in [0.15, 0.2) is 35.6 Å². The zero-order valence-corrected chi connectivity index (χ0v) is 13.7. The molecule has 146 valence electrons. The minimum absolute atomic E-state index is 0.0170. The van der Waals surface area contributed by atoms with Crippen LogP contribution >= 0.6 is 0 Å². The first-order valence-electron chi connectivity index (χ1n) is 7.63. The van der Waals surface area contributed by atoms with Gasteiger partial charge in [0, 0.05) is 19.5 Å². The lowest BCUT2D eigenvalue weighted by Gasteiger charge is -2.28. The summed E-state index contributed by atoms with van der Waals surface area (Å²) in [5, 5.41) is 20.4. The first-order chi connectivity index (χ1) is 12.6. The number of aliphatic carboxylic acids is 1. The highest BCUT2D eigenvalue weighted by atomic mass is 19.4. The van der Waals surface area contributed by atoms with Crippen LogP contribution in [0.1, 0.15) is 12.0 Å². The Morgan fingerprint density at radius 2 is 1.85 bits per heavy atom. The van der Waals surface area contributed by atoms with Crippen molar-refractivity contribution in [1.29, 1.82) is 0 Å². The smallest absolute Gasteiger partial charge is 0.511 e. The fourth-order valence-electron chi connectivity index (χ4n) is 2.39. The van der Waals surface area contributed by atoms with Gasteiger partial charge in [-0.15, -0.1) is 13.2 Å². The minimum atomic E-state index is -4.81. The van der Waals surface area contributed by atoms with E-state index in [9.17, 15) is 32.7 Å². The van der Waals surface area contributed by atoms with Gasteiger partial charge < -0.3 is 25.2 Å². The molecule has 1 aromatic carbocycles. The number of ether oxygens (including phenoxy) is 1. The number of amides is 2. The molecule has 0 aromatic heterocycles. The number of benzene rings is 1. The predicted molar refractivity (Wildman–Crippen MR) is 83.5 cm³/mol. The first-order valence-corrected chi connectivity index (χ1v) is 7.63. The van der Waals surface area contributed by atoms with E-state index in [1.807, 2.05) is 5.32 Å². The van der Waals surface area contributed by atoms with Crippen LogP contribution in [0.5, 0.6) is 5.75 Å². The van der Waals surface area contributed by atoms with E-state index in [1.165, 1.54) is 17.0 Å². The van der Waals surface area contributed by atoms with Crippen LogP contribution in [0, 0.1) is 0 Å². The molecular weight excluding hydrogens is 373 g/mol. The molecule has 0 saturated heterocycles. The quantitative estimate of drug-likeness (QED) is 0.633. The zero-order valence-electron chi connectivity index (χ0n) is 13.7. The molecule has 0 spiro atoms. The number of carbonyl (C=O) groups excluding carboxylic acids is 2. The van der Waals surface area contributed by atoms with Crippen LogP contribution in [0.3, 0.4) is 0 Å². The topological polar surface area (TPSA) is 116 Å². The molecule has 0 radical (unpaired) electrons. The molecule has 0 bridgehead atoms. The van der Waals surface area contributed by atoms with Crippen molar-refractivity contribution in [3.05, 3.63) is 41.2 Å². The number of hydrogen-bond donors (Lipinski definition) is 3. The highest BCUT2D eigenvalue weighted by molar-refractivity contribution is 6.19. The molecule has 1 aromatic rings. The lowest BCUT2D eigenvalue weighted by Crippen LogP contribution is -2.43. The number of carboxylic acid groups (broad SMARTS) is 1. The predicted octanol–water partition coefficient (Wildman–Crippen LogP) is 1.33. The summed E-state index contributed by atoms with van der Waals surface area (Å²) >= 11 is 0. The first kappa shape index (κ1) is 20.1. The number of halogens is 3. The summed E-state index contributed by atoms with van der Waals surface area (Å²) < 4.78 is 40.2. The van der Waals surface area contributed by atoms with Crippen LogP contribution < -0.4 is 10.1 Å². The molecule has 0 aliphatic carbocycles. The van der Waals surface area contributed by atoms with Crippen molar-refractivity contribution in [2.75, 3.05) is 13.1 Å². The second-order valence-electron chi connectivity index (χ2n) is 5.57. The molecule has 27 heavy (non-hydrogen) atoms. The van der Waals surface area contributed by atoms with E-state index >= 15 is 0 Å². The summed E-state index contributed by atoms with van der Waals surface area (Å²) in [6.07, 6.45) is -4.83. The Morgan fingerprint density at radius 1 is 1.22 bits per heavy atom. The van der Waals surface area contributed by atoms with E-state index in [1.54, 1.807) is 0 Å². The summed E-state index contributed by atoms with van der Waals surface area (Å²) in [5.41, 5.74) is -0.0796. The third kappa shape index (κ3) is 5.62. The van der Waals surface area contributed by atoms with E-state index in [0.29, 0.717) is 5.56 Å². The van der Waals surface area contributed by atoms with Crippen molar-refractivity contribution in [2.24, 2.45) is 0 Å². The Balaban J connectivity index is 2.06. The molecule has 0 saturated carbocycles. The van der Waals surface area contributed by atoms with Gasteiger partial charge in [0.25, 0.3) is 11.8 Å². The lowest BCUT2D eigenvalue weighted by atomic mass is 10.0. The average molecular weight is 388 g/mol. The average Bonchev–Trinajstić information content (AvgIpc) is 2.56. The van der Waals surface area contributed by atoms with Gasteiger partial charge in [-0.3, -0.25) is 14.4 Å². The molecule has 1 heterocycles. The van der Waals surface area contributed by atoms with Gasteiger partial charge in [0.05, 0.1) is 0 Å². The van der Waals surface area contributed by atoms with Crippen molar-refractivity contribution in [3.8, 4) is 5.75 Å². The molecule has 2 rings (SSSR count). The Morgan fingerprint density at radius 3 is 2.41 bits per heavy atom. The standard InChI is InChI=1S/C16H15F3N2O6/c17-16(18,19)27-10-3-1-9(2-4-10)8-21-6-5-11(22)13(15(21)26)14(25)20-7-12(23)24/h1-4,22H,5-8H2,(H,20,25)(H,23,24). The number of carbonyl (C=O) groups is 3. The van der Waals surface area contributed by atoms with Crippen molar-refractivity contribution in [3.63, 3.8) is 0 Å². The Bertz CT molecular complexity index is 773. The van der Waals surface area contributed by atoms with E-state index in [0.717, 1.165) is 12.1 Å². The van der Waals surface area contributed by atoms with Crippen LogP contribution in [0.4, 0.5) is 13.2 Å². The van der Waals surface area contributed by atoms with Gasteiger partial charge in [0.15, 0.2) is 0 Å². The number of hydrogen-bond acceptors (Lipinski definition) is 5. The number of aliphatic hydroxyl groups excluding tert-OH is 1. The molecule has 8 nitrogen and oxygen atoms in total. The van der Waals surface area contributed by atoms with Crippen LogP contribution in [0.25, 0.3) is 0 Å².